The van der Waals surface area contributed by atoms with Crippen molar-refractivity contribution in [1.29, 1.82) is 0 Å². The maximum atomic E-state index is 13.4. The fourth-order valence-electron chi connectivity index (χ4n) is 17.2. The van der Waals surface area contributed by atoms with Crippen LogP contribution in [-0.4, -0.2) is 61.3 Å². The predicted molar refractivity (Wildman–Crippen MR) is 439 cm³/mol. The zero-order valence-electron chi connectivity index (χ0n) is 66.7. The van der Waals surface area contributed by atoms with Gasteiger partial charge in [-0.05, 0) is 365 Å². The summed E-state index contributed by atoms with van der Waals surface area (Å²) in [5.41, 5.74) is 23.8. The lowest BCUT2D eigenvalue weighted by atomic mass is 9.68. The van der Waals surface area contributed by atoms with Crippen molar-refractivity contribution in [1.82, 2.24) is 0 Å². The molecule has 12 rings (SSSR count). The Balaban J connectivity index is 1.32. The summed E-state index contributed by atoms with van der Waals surface area (Å²) in [7, 11) is 0. The van der Waals surface area contributed by atoms with Gasteiger partial charge in [0, 0.05) is 57.8 Å². The summed E-state index contributed by atoms with van der Waals surface area (Å²) in [5.74, 6) is -4.03. The smallest absolute Gasteiger partial charge is 0.122 e. The Kier molecular flexibility index (Phi) is 21.0. The molecule has 0 bridgehead atoms. The van der Waals surface area contributed by atoms with Crippen molar-refractivity contribution in [2.45, 2.75) is 174 Å². The molecular formula is C98H102O12. The first-order valence-electron chi connectivity index (χ1n) is 37.5. The normalized spacial score (nSPS) is 11.8. The molecule has 0 radical (unpaired) electrons. The Morgan fingerprint density at radius 1 is 0.136 bits per heavy atom. The molecule has 0 saturated carbocycles. The van der Waals surface area contributed by atoms with Crippen molar-refractivity contribution in [3.63, 3.8) is 0 Å². The van der Waals surface area contributed by atoms with Crippen LogP contribution in [0, 0.1) is 138 Å². The molecule has 0 aliphatic carbocycles. The van der Waals surface area contributed by atoms with Crippen LogP contribution in [0.15, 0.2) is 146 Å². The lowest BCUT2D eigenvalue weighted by molar-refractivity contribution is 0.458. The Labute approximate surface area is 646 Å². The van der Waals surface area contributed by atoms with E-state index in [-0.39, 0.29) is 69.0 Å². The van der Waals surface area contributed by atoms with E-state index >= 15 is 0 Å². The minimum atomic E-state index is -0.917. The van der Waals surface area contributed by atoms with Gasteiger partial charge in [0.15, 0.2) is 0 Å². The van der Waals surface area contributed by atoms with Gasteiger partial charge in [-0.2, -0.15) is 0 Å². The van der Waals surface area contributed by atoms with Crippen LogP contribution in [0.2, 0.25) is 0 Å². The minimum Gasteiger partial charge on any atom is -0.508 e. The molecule has 0 unspecified atom stereocenters. The molecule has 12 N–H and O–H groups in total. The maximum Gasteiger partial charge on any atom is 0.122 e. The van der Waals surface area contributed by atoms with E-state index in [4.69, 9.17) is 0 Å². The number of rotatable bonds is 17. The molecule has 0 amide bonds. The molecule has 0 heterocycles. The second kappa shape index (κ2) is 29.7. The van der Waals surface area contributed by atoms with Crippen LogP contribution in [0.4, 0.5) is 0 Å². The summed E-state index contributed by atoms with van der Waals surface area (Å²) in [5, 5.41) is 145. The lowest BCUT2D eigenvalue weighted by Gasteiger charge is -2.35. The van der Waals surface area contributed by atoms with Gasteiger partial charge in [0.2, 0.25) is 0 Å². The minimum absolute atomic E-state index is 0.00208. The second-order valence-electron chi connectivity index (χ2n) is 31.8. The standard InChI is InChI=1S/C98H102O12/c1-45-33-81(99)53(9)25-69(45)91(70-26-54(10)82(100)34-46(70)2)77-41-65(21-61(17)95(77)107)89(66-22-62(18)96(108)78(42-66)92(71-27-55(11)83(101)35-47(71)3)72-28-56(12)84(102)36-48(72)4)90(67-23-63(19)97(109)79(43-67)93(73-29-57(13)85(103)37-49(73)5)74-30-58(14)86(104)38-50(74)6)68-24-64(20)98(110)80(44-68)94(75-31-59(15)87(105)39-51(75)7)76-32-60(16)88(106)40-52(76)8/h21-44,89-94,99-110H,1-20H3. The first-order chi connectivity index (χ1) is 51.7. The summed E-state index contributed by atoms with van der Waals surface area (Å²) in [6.45, 7) is 37.7. The van der Waals surface area contributed by atoms with Gasteiger partial charge in [-0.25, -0.2) is 0 Å². The van der Waals surface area contributed by atoms with Gasteiger partial charge < -0.3 is 61.3 Å². The molecular weight excluding hydrogens is 1370 g/mol. The monoisotopic (exact) mass is 1470 g/mol. The average molecular weight is 1470 g/mol. The van der Waals surface area contributed by atoms with E-state index in [0.717, 1.165) is 89.0 Å². The van der Waals surface area contributed by atoms with Gasteiger partial charge in [-0.15, -0.1) is 0 Å². The highest BCUT2D eigenvalue weighted by atomic mass is 16.3. The van der Waals surface area contributed by atoms with Crippen LogP contribution in [0.5, 0.6) is 69.0 Å². The molecule has 110 heavy (non-hydrogen) atoms. The molecule has 0 aliphatic heterocycles. The largest absolute Gasteiger partial charge is 0.508 e. The number of benzene rings is 12. The summed E-state index contributed by atoms with van der Waals surface area (Å²) in [6, 6.07) is 45.7. The molecule has 0 fully saturated rings. The fraction of sp³-hybridized carbons (Fsp3) is 0.265. The van der Waals surface area contributed by atoms with Gasteiger partial charge in [0.05, 0.1) is 0 Å². The van der Waals surface area contributed by atoms with Gasteiger partial charge in [0.1, 0.15) is 69.0 Å². The third-order valence-corrected chi connectivity index (χ3v) is 23.6. The van der Waals surface area contributed by atoms with Crippen molar-refractivity contribution in [2.75, 3.05) is 0 Å². The summed E-state index contributed by atoms with van der Waals surface area (Å²) in [4.78, 5) is 0. The van der Waals surface area contributed by atoms with E-state index < -0.39 is 35.5 Å². The molecule has 0 saturated heterocycles. The zero-order valence-corrected chi connectivity index (χ0v) is 66.7. The Morgan fingerprint density at radius 3 is 0.391 bits per heavy atom. The number of hydrogen-bond donors (Lipinski definition) is 12. The molecule has 12 nitrogen and oxygen atoms in total. The van der Waals surface area contributed by atoms with Gasteiger partial charge >= 0.3 is 0 Å². The zero-order chi connectivity index (χ0) is 80.1. The Morgan fingerprint density at radius 2 is 0.264 bits per heavy atom. The third-order valence-electron chi connectivity index (χ3n) is 23.6. The average Bonchev–Trinajstić information content (AvgIpc) is 0.733. The van der Waals surface area contributed by atoms with Crippen molar-refractivity contribution < 1.29 is 61.3 Å². The quantitative estimate of drug-likeness (QED) is 0.0381. The molecule has 566 valence electrons. The maximum absolute atomic E-state index is 13.4. The summed E-state index contributed by atoms with van der Waals surface area (Å²) >= 11 is 0. The number of aromatic hydroxyl groups is 12. The summed E-state index contributed by atoms with van der Waals surface area (Å²) in [6.07, 6.45) is 0. The van der Waals surface area contributed by atoms with Crippen LogP contribution >= 0.6 is 0 Å². The summed E-state index contributed by atoms with van der Waals surface area (Å²) < 4.78 is 0. The topological polar surface area (TPSA) is 243 Å². The van der Waals surface area contributed by atoms with E-state index in [1.807, 2.05) is 211 Å². The molecule has 12 aromatic rings. The van der Waals surface area contributed by atoms with Crippen molar-refractivity contribution >= 4 is 0 Å². The van der Waals surface area contributed by atoms with E-state index in [1.165, 1.54) is 0 Å². The van der Waals surface area contributed by atoms with Gasteiger partial charge in [0.25, 0.3) is 0 Å². The Bertz CT molecular complexity index is 4820. The molecule has 0 spiro atoms. The van der Waals surface area contributed by atoms with Crippen LogP contribution in [0.1, 0.15) is 236 Å². The molecule has 0 aliphatic rings. The van der Waals surface area contributed by atoms with Crippen LogP contribution in [-0.2, 0) is 0 Å². The first-order valence-corrected chi connectivity index (χ1v) is 37.5. The van der Waals surface area contributed by atoms with Crippen LogP contribution in [0.3, 0.4) is 0 Å². The molecule has 0 atom stereocenters. The Hall–Kier alpha value is -11.8. The predicted octanol–water partition coefficient (Wildman–Crippen LogP) is 22.0. The number of phenols is 12. The van der Waals surface area contributed by atoms with Gasteiger partial charge in [-0.1, -0.05) is 97.1 Å². The van der Waals surface area contributed by atoms with Crippen molar-refractivity contribution in [3.05, 3.63) is 346 Å². The van der Waals surface area contributed by atoms with E-state index in [9.17, 15) is 61.3 Å². The second-order valence-corrected chi connectivity index (χ2v) is 31.8. The van der Waals surface area contributed by atoms with E-state index in [0.29, 0.717) is 111 Å². The molecule has 0 aromatic heterocycles. The lowest BCUT2D eigenvalue weighted by Crippen LogP contribution is -2.19. The van der Waals surface area contributed by atoms with Crippen molar-refractivity contribution in [3.8, 4) is 69.0 Å². The number of aryl methyl sites for hydroxylation is 20. The molecule has 12 aromatic carbocycles. The highest BCUT2D eigenvalue weighted by Crippen LogP contribution is 2.56. The number of phenolic OH excluding ortho intramolecular Hbond substituents is 12. The van der Waals surface area contributed by atoms with Gasteiger partial charge in [-0.3, -0.25) is 0 Å². The highest BCUT2D eigenvalue weighted by molar-refractivity contribution is 5.68. The highest BCUT2D eigenvalue weighted by Gasteiger charge is 2.39. The third kappa shape index (κ3) is 14.2. The SMILES string of the molecule is Cc1cc(C(c2cc(C)c(O)cc2C)c2cc(C(c3cc(C)c(O)c(C(c4cc(C)c(O)cc4C)c4cc(C)c(O)cc4C)c3)C(c3cc(C)c(O)c(C(c4cc(C)c(O)cc4C)c4cc(C)c(O)cc4C)c3)c3cc(C)c(O)c(C(c4cc(C)c(O)cc4C)c4cc(C)c(O)cc4C)c3)cc(C)c2O)c(C)cc1O. The van der Waals surface area contributed by atoms with Crippen LogP contribution < -0.4 is 0 Å². The molecule has 12 heteroatoms. The van der Waals surface area contributed by atoms with E-state index in [1.54, 1.807) is 48.5 Å². The van der Waals surface area contributed by atoms with Crippen molar-refractivity contribution in [2.24, 2.45) is 0 Å². The first kappa shape index (κ1) is 77.8. The fourth-order valence-corrected chi connectivity index (χ4v) is 17.2. The van der Waals surface area contributed by atoms with Crippen LogP contribution in [0.25, 0.3) is 0 Å². The van der Waals surface area contributed by atoms with E-state index in [2.05, 4.69) is 24.3 Å². The number of hydrogen-bond acceptors (Lipinski definition) is 12.